The lowest BCUT2D eigenvalue weighted by atomic mass is 9.98. The van der Waals surface area contributed by atoms with Crippen LogP contribution in [-0.4, -0.2) is 61.6 Å². The molecule has 2 amide bonds. The van der Waals surface area contributed by atoms with E-state index in [2.05, 4.69) is 16.0 Å². The molecule has 0 spiro atoms. The summed E-state index contributed by atoms with van der Waals surface area (Å²) in [5.74, 6) is -2.97. The van der Waals surface area contributed by atoms with Gasteiger partial charge in [0.2, 0.25) is 11.8 Å². The second-order valence-corrected chi connectivity index (χ2v) is 9.16. The molecule has 1 fully saturated rings. The summed E-state index contributed by atoms with van der Waals surface area (Å²) in [5, 5.41) is 8.35. The van der Waals surface area contributed by atoms with Crippen molar-refractivity contribution in [2.24, 2.45) is 11.7 Å². The Morgan fingerprint density at radius 1 is 1.03 bits per heavy atom. The van der Waals surface area contributed by atoms with Crippen LogP contribution in [-0.2, 0) is 30.3 Å². The number of alkyl halides is 1. The van der Waals surface area contributed by atoms with Gasteiger partial charge in [-0.15, -0.1) is 0 Å². The van der Waals surface area contributed by atoms with Crippen molar-refractivity contribution in [1.82, 2.24) is 16.0 Å². The van der Waals surface area contributed by atoms with Gasteiger partial charge in [0.15, 0.2) is 0 Å². The van der Waals surface area contributed by atoms with Crippen molar-refractivity contribution in [3.63, 3.8) is 0 Å². The second-order valence-electron chi connectivity index (χ2n) is 9.16. The third-order valence-corrected chi connectivity index (χ3v) is 6.22. The number of amides is 2. The number of unbranched alkanes of at least 4 members (excludes halogenated alkanes) is 1. The fourth-order valence-corrected chi connectivity index (χ4v) is 4.03. The number of carbonyl (C=O) groups is 4. The van der Waals surface area contributed by atoms with Crippen molar-refractivity contribution < 1.29 is 28.3 Å². The second kappa shape index (κ2) is 16.0. The summed E-state index contributed by atoms with van der Waals surface area (Å²) in [5.41, 5.74) is 6.90. The summed E-state index contributed by atoms with van der Waals surface area (Å²) in [6.07, 6.45) is 3.17. The summed E-state index contributed by atoms with van der Waals surface area (Å²) in [4.78, 5) is 50.9. The number of ether oxygens (including phenoxy) is 1. The van der Waals surface area contributed by atoms with Crippen LogP contribution < -0.4 is 21.7 Å². The van der Waals surface area contributed by atoms with E-state index in [0.717, 1.165) is 12.0 Å². The molecule has 0 saturated carbocycles. The number of benzene rings is 1. The molecule has 1 aromatic rings. The fraction of sp³-hybridized carbons (Fsp3) is 0.615. The SMILES string of the molecule is CCCCC(NC(=O)[C@@H](CCCF)NC(=O)[C@H](N)Cc1ccccc1)C(=O)OC(=O)C1CCNCC1. The molecule has 1 aromatic carbocycles. The van der Waals surface area contributed by atoms with E-state index in [4.69, 9.17) is 10.5 Å². The van der Waals surface area contributed by atoms with Crippen LogP contribution in [0.4, 0.5) is 4.39 Å². The van der Waals surface area contributed by atoms with Crippen molar-refractivity contribution in [2.45, 2.75) is 76.4 Å². The Hall–Kier alpha value is -2.85. The molecular formula is C26H39FN4O5. The molecule has 9 nitrogen and oxygen atoms in total. The molecule has 0 bridgehead atoms. The number of halogens is 1. The van der Waals surface area contributed by atoms with Crippen LogP contribution >= 0.6 is 0 Å². The van der Waals surface area contributed by atoms with Gasteiger partial charge < -0.3 is 26.4 Å². The fourth-order valence-electron chi connectivity index (χ4n) is 4.03. The topological polar surface area (TPSA) is 140 Å². The maximum absolute atomic E-state index is 13.0. The summed E-state index contributed by atoms with van der Waals surface area (Å²) in [7, 11) is 0. The lowest BCUT2D eigenvalue weighted by molar-refractivity contribution is -0.165. The van der Waals surface area contributed by atoms with E-state index in [1.165, 1.54) is 0 Å². The van der Waals surface area contributed by atoms with Crippen molar-refractivity contribution >= 4 is 23.8 Å². The monoisotopic (exact) mass is 506 g/mol. The third-order valence-electron chi connectivity index (χ3n) is 6.22. The Morgan fingerprint density at radius 2 is 1.67 bits per heavy atom. The highest BCUT2D eigenvalue weighted by molar-refractivity contribution is 5.94. The first-order chi connectivity index (χ1) is 17.3. The maximum Gasteiger partial charge on any atom is 0.336 e. The van der Waals surface area contributed by atoms with Crippen LogP contribution in [0, 0.1) is 5.92 Å². The summed E-state index contributed by atoms with van der Waals surface area (Å²) >= 11 is 0. The van der Waals surface area contributed by atoms with Gasteiger partial charge in [0.05, 0.1) is 18.6 Å². The molecule has 1 aliphatic heterocycles. The zero-order valence-electron chi connectivity index (χ0n) is 21.0. The van der Waals surface area contributed by atoms with Gasteiger partial charge in [-0.3, -0.25) is 18.8 Å². The Kier molecular flexibility index (Phi) is 13.1. The molecule has 10 heteroatoms. The van der Waals surface area contributed by atoms with Crippen LogP contribution in [0.15, 0.2) is 30.3 Å². The largest absolute Gasteiger partial charge is 0.391 e. The highest BCUT2D eigenvalue weighted by atomic mass is 19.1. The Bertz CT molecular complexity index is 848. The molecule has 0 radical (unpaired) electrons. The van der Waals surface area contributed by atoms with Crippen molar-refractivity contribution in [1.29, 1.82) is 0 Å². The minimum Gasteiger partial charge on any atom is -0.391 e. The lowest BCUT2D eigenvalue weighted by Crippen LogP contribution is -2.55. The molecule has 36 heavy (non-hydrogen) atoms. The predicted octanol–water partition coefficient (Wildman–Crippen LogP) is 1.54. The molecule has 5 N–H and O–H groups in total. The van der Waals surface area contributed by atoms with Crippen LogP contribution in [0.5, 0.6) is 0 Å². The first kappa shape index (κ1) is 29.4. The molecule has 3 atom stereocenters. The Morgan fingerprint density at radius 3 is 2.31 bits per heavy atom. The van der Waals surface area contributed by atoms with Crippen molar-refractivity contribution in [3.05, 3.63) is 35.9 Å². The molecule has 0 aliphatic carbocycles. The van der Waals surface area contributed by atoms with Gasteiger partial charge in [0, 0.05) is 0 Å². The molecular weight excluding hydrogens is 467 g/mol. The van der Waals surface area contributed by atoms with Crippen LogP contribution in [0.3, 0.4) is 0 Å². The third kappa shape index (κ3) is 10.0. The standard InChI is InChI=1S/C26H39FN4O5/c1-2-3-10-22(26(35)36-25(34)19-12-15-29-16-13-19)31-24(33)21(11-7-14-27)30-23(32)20(28)17-18-8-5-4-6-9-18/h4-6,8-9,19-22,29H,2-3,7,10-17,28H2,1H3,(H,30,32)(H,31,33)/t20-,21-,22?/m1/s1. The van der Waals surface area contributed by atoms with E-state index >= 15 is 0 Å². The smallest absolute Gasteiger partial charge is 0.336 e. The molecule has 0 aromatic heterocycles. The van der Waals surface area contributed by atoms with Gasteiger partial charge in [0.25, 0.3) is 0 Å². The highest BCUT2D eigenvalue weighted by Crippen LogP contribution is 2.15. The number of rotatable bonds is 14. The normalized spacial score (nSPS) is 16.4. The van der Waals surface area contributed by atoms with E-state index < -0.39 is 48.6 Å². The van der Waals surface area contributed by atoms with Crippen molar-refractivity contribution in [2.75, 3.05) is 19.8 Å². The first-order valence-corrected chi connectivity index (χ1v) is 12.8. The molecule has 1 aliphatic rings. The van der Waals surface area contributed by atoms with E-state index in [1.54, 1.807) is 0 Å². The Balaban J connectivity index is 2.01. The quantitative estimate of drug-likeness (QED) is 0.222. The Labute approximate surface area is 212 Å². The summed E-state index contributed by atoms with van der Waals surface area (Å²) in [6.45, 7) is 2.61. The number of hydrogen-bond donors (Lipinski definition) is 4. The van der Waals surface area contributed by atoms with Crippen LogP contribution in [0.1, 0.15) is 57.4 Å². The van der Waals surface area contributed by atoms with Gasteiger partial charge >= 0.3 is 11.9 Å². The average molecular weight is 507 g/mol. The maximum atomic E-state index is 13.0. The molecule has 1 saturated heterocycles. The minimum absolute atomic E-state index is 0.0374. The number of nitrogens with one attached hydrogen (secondary N) is 3. The van der Waals surface area contributed by atoms with Gasteiger partial charge in [0.1, 0.15) is 12.1 Å². The van der Waals surface area contributed by atoms with E-state index in [0.29, 0.717) is 32.4 Å². The molecule has 1 heterocycles. The number of piperidine rings is 1. The minimum atomic E-state index is -1.08. The van der Waals surface area contributed by atoms with Gasteiger partial charge in [-0.1, -0.05) is 50.1 Å². The average Bonchev–Trinajstić information content (AvgIpc) is 2.89. The lowest BCUT2D eigenvalue weighted by Gasteiger charge is -2.24. The van der Waals surface area contributed by atoms with E-state index in [9.17, 15) is 23.6 Å². The van der Waals surface area contributed by atoms with Gasteiger partial charge in [-0.05, 0) is 57.2 Å². The zero-order valence-corrected chi connectivity index (χ0v) is 21.0. The molecule has 200 valence electrons. The van der Waals surface area contributed by atoms with Gasteiger partial charge in [-0.2, -0.15) is 0 Å². The molecule has 1 unspecified atom stereocenters. The van der Waals surface area contributed by atoms with Crippen LogP contribution in [0.25, 0.3) is 0 Å². The molecule has 2 rings (SSSR count). The van der Waals surface area contributed by atoms with E-state index in [1.807, 2.05) is 37.3 Å². The van der Waals surface area contributed by atoms with E-state index in [-0.39, 0.29) is 31.6 Å². The number of carbonyl (C=O) groups excluding carboxylic acids is 4. The number of hydrogen-bond acceptors (Lipinski definition) is 7. The highest BCUT2D eigenvalue weighted by Gasteiger charge is 2.31. The first-order valence-electron chi connectivity index (χ1n) is 12.8. The van der Waals surface area contributed by atoms with Gasteiger partial charge in [-0.25, -0.2) is 4.79 Å². The van der Waals surface area contributed by atoms with Crippen molar-refractivity contribution in [3.8, 4) is 0 Å². The van der Waals surface area contributed by atoms with Crippen LogP contribution in [0.2, 0.25) is 0 Å². The summed E-state index contributed by atoms with van der Waals surface area (Å²) < 4.78 is 18.0. The number of esters is 2. The zero-order chi connectivity index (χ0) is 26.3. The predicted molar refractivity (Wildman–Crippen MR) is 133 cm³/mol. The summed E-state index contributed by atoms with van der Waals surface area (Å²) in [6, 6.07) is 6.18. The number of nitrogens with two attached hydrogens (primary N) is 1.